The summed E-state index contributed by atoms with van der Waals surface area (Å²) in [5.41, 5.74) is 1.74. The van der Waals surface area contributed by atoms with Gasteiger partial charge in [0.15, 0.2) is 0 Å². The fraction of sp³-hybridized carbons (Fsp3) is 0.269. The molecule has 0 aliphatic heterocycles. The van der Waals surface area contributed by atoms with Crippen LogP contribution in [0.3, 0.4) is 0 Å². The number of ether oxygens (including phenoxy) is 2. The highest BCUT2D eigenvalue weighted by atomic mass is 32.2. The molecule has 1 atom stereocenters. The smallest absolute Gasteiger partial charge is 0.261 e. The molecule has 9 heteroatoms. The highest BCUT2D eigenvalue weighted by molar-refractivity contribution is 7.92. The third kappa shape index (κ3) is 6.74. The molecule has 3 aromatic rings. The molecule has 2 N–H and O–H groups in total. The van der Waals surface area contributed by atoms with Crippen LogP contribution in [0.5, 0.6) is 11.5 Å². The van der Waals surface area contributed by atoms with Crippen molar-refractivity contribution in [3.63, 3.8) is 0 Å². The lowest BCUT2D eigenvalue weighted by Gasteiger charge is -2.26. The lowest BCUT2D eigenvalue weighted by molar-refractivity contribution is 0.0941. The van der Waals surface area contributed by atoms with Crippen LogP contribution in [-0.2, 0) is 10.0 Å². The Hall–Kier alpha value is -3.56. The van der Waals surface area contributed by atoms with Gasteiger partial charge in [-0.25, -0.2) is 8.42 Å². The number of carbonyl (C=O) groups excluding carboxylic acids is 1. The summed E-state index contributed by atoms with van der Waals surface area (Å²) in [7, 11) is 1.67. The van der Waals surface area contributed by atoms with Crippen molar-refractivity contribution in [1.29, 1.82) is 0 Å². The van der Waals surface area contributed by atoms with Crippen molar-refractivity contribution in [1.82, 2.24) is 10.2 Å². The van der Waals surface area contributed by atoms with Gasteiger partial charge in [0.25, 0.3) is 15.9 Å². The molecule has 0 aliphatic rings. The van der Waals surface area contributed by atoms with E-state index in [1.165, 1.54) is 24.3 Å². The van der Waals surface area contributed by atoms with Crippen LogP contribution in [0, 0.1) is 0 Å². The Balaban J connectivity index is 1.66. The zero-order chi connectivity index (χ0) is 25.4. The van der Waals surface area contributed by atoms with E-state index in [0.717, 1.165) is 11.3 Å². The summed E-state index contributed by atoms with van der Waals surface area (Å²) in [6.45, 7) is 2.76. The third-order valence-electron chi connectivity index (χ3n) is 5.42. The van der Waals surface area contributed by atoms with Crippen molar-refractivity contribution < 1.29 is 22.7 Å². The number of sulfonamides is 1. The van der Waals surface area contributed by atoms with Crippen LogP contribution in [0.25, 0.3) is 0 Å². The molecule has 0 spiro atoms. The van der Waals surface area contributed by atoms with E-state index in [2.05, 4.69) is 10.0 Å². The topological polar surface area (TPSA) is 97.0 Å². The SMILES string of the molecule is CCOc1ccc(NS(=O)(=O)c2ccc(C(=O)NC[C@@H](c3ccccc3OC)N(C)C)cc2)cc1. The summed E-state index contributed by atoms with van der Waals surface area (Å²) in [6, 6.07) is 20.0. The second-order valence-corrected chi connectivity index (χ2v) is 9.70. The van der Waals surface area contributed by atoms with E-state index in [9.17, 15) is 13.2 Å². The number of para-hydroxylation sites is 1. The lowest BCUT2D eigenvalue weighted by Crippen LogP contribution is -2.34. The van der Waals surface area contributed by atoms with Crippen molar-refractivity contribution in [3.8, 4) is 11.5 Å². The van der Waals surface area contributed by atoms with Crippen LogP contribution in [0.2, 0.25) is 0 Å². The number of amides is 1. The van der Waals surface area contributed by atoms with Gasteiger partial charge in [0.2, 0.25) is 0 Å². The maximum atomic E-state index is 12.8. The molecule has 0 aromatic heterocycles. The molecule has 0 saturated heterocycles. The van der Waals surface area contributed by atoms with E-state index in [4.69, 9.17) is 9.47 Å². The van der Waals surface area contributed by atoms with Gasteiger partial charge in [0, 0.05) is 23.4 Å². The van der Waals surface area contributed by atoms with Gasteiger partial charge >= 0.3 is 0 Å². The molecule has 186 valence electrons. The molecule has 0 fully saturated rings. The quantitative estimate of drug-likeness (QED) is 0.417. The first-order valence-corrected chi connectivity index (χ1v) is 12.7. The van der Waals surface area contributed by atoms with E-state index >= 15 is 0 Å². The van der Waals surface area contributed by atoms with Crippen molar-refractivity contribution in [2.45, 2.75) is 17.9 Å². The van der Waals surface area contributed by atoms with Crippen LogP contribution >= 0.6 is 0 Å². The number of hydrogen-bond donors (Lipinski definition) is 2. The predicted molar refractivity (Wildman–Crippen MR) is 137 cm³/mol. The lowest BCUT2D eigenvalue weighted by atomic mass is 10.0. The molecular formula is C26H31N3O5S. The van der Waals surface area contributed by atoms with E-state index in [-0.39, 0.29) is 16.8 Å². The highest BCUT2D eigenvalue weighted by Crippen LogP contribution is 2.27. The summed E-state index contributed by atoms with van der Waals surface area (Å²) >= 11 is 0. The molecule has 3 aromatic carbocycles. The zero-order valence-corrected chi connectivity index (χ0v) is 21.1. The first-order valence-electron chi connectivity index (χ1n) is 11.2. The minimum Gasteiger partial charge on any atom is -0.496 e. The minimum atomic E-state index is -3.80. The number of hydrogen-bond acceptors (Lipinski definition) is 6. The summed E-state index contributed by atoms with van der Waals surface area (Å²) in [6.07, 6.45) is 0. The fourth-order valence-electron chi connectivity index (χ4n) is 3.59. The molecule has 35 heavy (non-hydrogen) atoms. The molecule has 0 aliphatic carbocycles. The number of methoxy groups -OCH3 is 1. The number of likely N-dealkylation sites (N-methyl/N-ethyl adjacent to an activating group) is 1. The van der Waals surface area contributed by atoms with Gasteiger partial charge in [-0.1, -0.05) is 18.2 Å². The van der Waals surface area contributed by atoms with Crippen LogP contribution in [-0.4, -0.2) is 53.6 Å². The Morgan fingerprint density at radius 2 is 1.63 bits per heavy atom. The van der Waals surface area contributed by atoms with E-state index in [0.29, 0.717) is 30.2 Å². The zero-order valence-electron chi connectivity index (χ0n) is 20.3. The Morgan fingerprint density at radius 3 is 2.23 bits per heavy atom. The van der Waals surface area contributed by atoms with Gasteiger partial charge in [-0.2, -0.15) is 0 Å². The van der Waals surface area contributed by atoms with E-state index in [1.807, 2.05) is 50.2 Å². The van der Waals surface area contributed by atoms with Crippen molar-refractivity contribution in [2.75, 3.05) is 39.1 Å². The van der Waals surface area contributed by atoms with Gasteiger partial charge in [0.1, 0.15) is 11.5 Å². The first kappa shape index (κ1) is 26.1. The normalized spacial score (nSPS) is 12.1. The maximum Gasteiger partial charge on any atom is 0.261 e. The van der Waals surface area contributed by atoms with E-state index in [1.54, 1.807) is 31.4 Å². The van der Waals surface area contributed by atoms with Crippen molar-refractivity contribution in [3.05, 3.63) is 83.9 Å². The number of carbonyl (C=O) groups is 1. The van der Waals surface area contributed by atoms with Crippen LogP contribution in [0.1, 0.15) is 28.9 Å². The molecular weight excluding hydrogens is 466 g/mol. The largest absolute Gasteiger partial charge is 0.496 e. The molecule has 0 radical (unpaired) electrons. The van der Waals surface area contributed by atoms with Crippen LogP contribution < -0.4 is 19.5 Å². The summed E-state index contributed by atoms with van der Waals surface area (Å²) in [5.74, 6) is 1.11. The van der Waals surface area contributed by atoms with Gasteiger partial charge in [0.05, 0.1) is 24.7 Å². The molecule has 3 rings (SSSR count). The standard InChI is InChI=1S/C26H31N3O5S/c1-5-34-21-14-12-20(13-15-21)28-35(31,32)22-16-10-19(11-17-22)26(30)27-18-24(29(2)3)23-8-6-7-9-25(23)33-4/h6-17,24,28H,5,18H2,1-4H3,(H,27,30)/t24-/m0/s1. The van der Waals surface area contributed by atoms with Crippen LogP contribution in [0.15, 0.2) is 77.7 Å². The third-order valence-corrected chi connectivity index (χ3v) is 6.82. The average Bonchev–Trinajstić information content (AvgIpc) is 2.85. The molecule has 1 amide bonds. The van der Waals surface area contributed by atoms with Gasteiger partial charge < -0.3 is 19.7 Å². The van der Waals surface area contributed by atoms with Gasteiger partial charge in [-0.05, 0) is 75.6 Å². The number of rotatable bonds is 11. The Kier molecular flexibility index (Phi) is 8.73. The molecule has 0 heterocycles. The summed E-state index contributed by atoms with van der Waals surface area (Å²) in [5, 5.41) is 2.93. The monoisotopic (exact) mass is 497 g/mol. The maximum absolute atomic E-state index is 12.8. The molecule has 0 bridgehead atoms. The summed E-state index contributed by atoms with van der Waals surface area (Å²) in [4.78, 5) is 14.8. The number of anilines is 1. The van der Waals surface area contributed by atoms with Crippen LogP contribution in [0.4, 0.5) is 5.69 Å². The number of nitrogens with one attached hydrogen (secondary N) is 2. The Morgan fingerprint density at radius 1 is 0.971 bits per heavy atom. The summed E-state index contributed by atoms with van der Waals surface area (Å²) < 4.78 is 38.8. The minimum absolute atomic E-state index is 0.0584. The van der Waals surface area contributed by atoms with E-state index < -0.39 is 10.0 Å². The van der Waals surface area contributed by atoms with Crippen molar-refractivity contribution >= 4 is 21.6 Å². The second kappa shape index (κ2) is 11.7. The second-order valence-electron chi connectivity index (χ2n) is 8.02. The first-order chi connectivity index (χ1) is 16.7. The highest BCUT2D eigenvalue weighted by Gasteiger charge is 2.20. The fourth-order valence-corrected chi connectivity index (χ4v) is 4.65. The molecule has 8 nitrogen and oxygen atoms in total. The average molecular weight is 498 g/mol. The molecule has 0 unspecified atom stereocenters. The Labute approximate surface area is 206 Å². The molecule has 0 saturated carbocycles. The van der Waals surface area contributed by atoms with Crippen molar-refractivity contribution in [2.24, 2.45) is 0 Å². The Bertz CT molecular complexity index is 1230. The predicted octanol–water partition coefficient (Wildman–Crippen LogP) is 3.93. The van der Waals surface area contributed by atoms with Gasteiger partial charge in [-0.15, -0.1) is 0 Å². The number of benzene rings is 3. The van der Waals surface area contributed by atoms with Gasteiger partial charge in [-0.3, -0.25) is 9.52 Å². The number of nitrogens with zero attached hydrogens (tertiary/aromatic N) is 1.